The monoisotopic (exact) mass is 205 g/mol. The minimum atomic E-state index is -0.822. The molecular weight excluding hydrogens is 198 g/mol. The number of fused-ring (bicyclic) bond motifs is 1. The number of nitrogens with two attached hydrogens (primary N) is 1. The first-order chi connectivity index (χ1) is 7.09. The molecule has 5 nitrogen and oxygen atoms in total. The molecule has 76 valence electrons. The Hall–Kier alpha value is -2.30. The summed E-state index contributed by atoms with van der Waals surface area (Å²) in [5.74, 6) is -1.23. The summed E-state index contributed by atoms with van der Waals surface area (Å²) in [7, 11) is 0. The van der Waals surface area contributed by atoms with E-state index in [1.807, 2.05) is 0 Å². The number of hydrogen-bond donors (Lipinski definition) is 2. The van der Waals surface area contributed by atoms with Gasteiger partial charge in [0.15, 0.2) is 11.2 Å². The highest BCUT2D eigenvalue weighted by Gasteiger charge is 2.11. The first-order valence-corrected chi connectivity index (χ1v) is 4.15. The molecule has 0 bridgehead atoms. The normalized spacial score (nSPS) is 10.4. The molecule has 0 aliphatic heterocycles. The van der Waals surface area contributed by atoms with E-state index in [0.717, 1.165) is 6.07 Å². The van der Waals surface area contributed by atoms with Gasteiger partial charge in [0, 0.05) is 6.07 Å². The summed E-state index contributed by atoms with van der Waals surface area (Å²) in [6.07, 6.45) is 0. The van der Waals surface area contributed by atoms with Gasteiger partial charge in [0.2, 0.25) is 0 Å². The molecule has 2 aromatic rings. The maximum Gasteiger partial charge on any atom is 0.284 e. The van der Waals surface area contributed by atoms with E-state index >= 15 is 0 Å². The minimum absolute atomic E-state index is 0.0440. The van der Waals surface area contributed by atoms with E-state index in [1.54, 1.807) is 0 Å². The van der Waals surface area contributed by atoms with Gasteiger partial charge in [0.25, 0.3) is 5.91 Å². The molecule has 0 aliphatic carbocycles. The number of phenols is 1. The average Bonchev–Trinajstić information content (AvgIpc) is 2.17. The van der Waals surface area contributed by atoms with E-state index in [1.165, 1.54) is 18.2 Å². The Balaban J connectivity index is 2.91. The maximum atomic E-state index is 11.5. The lowest BCUT2D eigenvalue weighted by Gasteiger charge is -2.00. The van der Waals surface area contributed by atoms with Crippen LogP contribution >= 0.6 is 0 Å². The van der Waals surface area contributed by atoms with E-state index in [-0.39, 0.29) is 22.5 Å². The molecule has 0 spiro atoms. The molecule has 0 saturated heterocycles. The van der Waals surface area contributed by atoms with Crippen molar-refractivity contribution in [3.05, 3.63) is 40.2 Å². The maximum absolute atomic E-state index is 11.5. The third-order valence-corrected chi connectivity index (χ3v) is 1.98. The van der Waals surface area contributed by atoms with E-state index in [2.05, 4.69) is 0 Å². The van der Waals surface area contributed by atoms with Crippen LogP contribution in [-0.2, 0) is 0 Å². The largest absolute Gasteiger partial charge is 0.507 e. The Labute approximate surface area is 83.7 Å². The van der Waals surface area contributed by atoms with Crippen LogP contribution in [0.5, 0.6) is 5.75 Å². The molecule has 1 aromatic carbocycles. The number of benzene rings is 1. The lowest BCUT2D eigenvalue weighted by atomic mass is 10.2. The molecule has 0 fully saturated rings. The second-order valence-corrected chi connectivity index (χ2v) is 2.99. The van der Waals surface area contributed by atoms with Gasteiger partial charge in [0.1, 0.15) is 16.7 Å². The van der Waals surface area contributed by atoms with Crippen LogP contribution in [0.15, 0.2) is 33.5 Å². The fraction of sp³-hybridized carbons (Fsp3) is 0. The topological polar surface area (TPSA) is 93.5 Å². The zero-order valence-corrected chi connectivity index (χ0v) is 7.56. The quantitative estimate of drug-likeness (QED) is 0.712. The molecule has 0 unspecified atom stereocenters. The standard InChI is InChI=1S/C10H7NO4/c11-10(14)8-4-6(13)9-5(12)2-1-3-7(9)15-8/h1-4,12H,(H2,11,14). The van der Waals surface area contributed by atoms with Crippen LogP contribution in [0, 0.1) is 0 Å². The Kier molecular flexibility index (Phi) is 1.93. The summed E-state index contributed by atoms with van der Waals surface area (Å²) in [4.78, 5) is 22.3. The van der Waals surface area contributed by atoms with Gasteiger partial charge < -0.3 is 15.3 Å². The lowest BCUT2D eigenvalue weighted by molar-refractivity contribution is 0.0974. The molecule has 2 rings (SSSR count). The van der Waals surface area contributed by atoms with Crippen LogP contribution in [0.1, 0.15) is 10.6 Å². The van der Waals surface area contributed by atoms with Gasteiger partial charge in [-0.25, -0.2) is 0 Å². The summed E-state index contributed by atoms with van der Waals surface area (Å²) >= 11 is 0. The number of rotatable bonds is 1. The predicted molar refractivity (Wildman–Crippen MR) is 52.7 cm³/mol. The molecule has 0 atom stereocenters. The second-order valence-electron chi connectivity index (χ2n) is 2.99. The predicted octanol–water partition coefficient (Wildman–Crippen LogP) is 0.598. The van der Waals surface area contributed by atoms with E-state index < -0.39 is 11.3 Å². The highest BCUT2D eigenvalue weighted by atomic mass is 16.3. The lowest BCUT2D eigenvalue weighted by Crippen LogP contribution is -2.14. The van der Waals surface area contributed by atoms with E-state index in [0.29, 0.717) is 0 Å². The van der Waals surface area contributed by atoms with Crippen LogP contribution < -0.4 is 11.2 Å². The van der Waals surface area contributed by atoms with Crippen LogP contribution in [0.25, 0.3) is 11.0 Å². The SMILES string of the molecule is NC(=O)c1cc(=O)c2c(O)cccc2o1. The van der Waals surface area contributed by atoms with Crippen molar-refractivity contribution in [3.8, 4) is 5.75 Å². The highest BCUT2D eigenvalue weighted by molar-refractivity contribution is 5.92. The minimum Gasteiger partial charge on any atom is -0.507 e. The molecule has 1 amide bonds. The first kappa shape index (κ1) is 9.26. The number of aromatic hydroxyl groups is 1. The van der Waals surface area contributed by atoms with E-state index in [4.69, 9.17) is 10.2 Å². The molecule has 1 heterocycles. The van der Waals surface area contributed by atoms with Gasteiger partial charge in [-0.3, -0.25) is 9.59 Å². The smallest absolute Gasteiger partial charge is 0.284 e. The third-order valence-electron chi connectivity index (χ3n) is 1.98. The number of amides is 1. The molecule has 0 aliphatic rings. The fourth-order valence-corrected chi connectivity index (χ4v) is 1.31. The summed E-state index contributed by atoms with van der Waals surface area (Å²) < 4.78 is 5.05. The Morgan fingerprint density at radius 2 is 2.13 bits per heavy atom. The van der Waals surface area contributed by atoms with Gasteiger partial charge in [0.05, 0.1) is 0 Å². The first-order valence-electron chi connectivity index (χ1n) is 4.15. The van der Waals surface area contributed by atoms with Crippen molar-refractivity contribution in [2.75, 3.05) is 0 Å². The van der Waals surface area contributed by atoms with Gasteiger partial charge in [-0.2, -0.15) is 0 Å². The zero-order chi connectivity index (χ0) is 11.0. The fourth-order valence-electron chi connectivity index (χ4n) is 1.31. The number of hydrogen-bond acceptors (Lipinski definition) is 4. The molecule has 0 radical (unpaired) electrons. The van der Waals surface area contributed by atoms with Crippen LogP contribution in [0.3, 0.4) is 0 Å². The number of primary amides is 1. The number of carbonyl (C=O) groups excluding carboxylic acids is 1. The summed E-state index contributed by atoms with van der Waals surface area (Å²) in [5, 5.41) is 9.45. The zero-order valence-electron chi connectivity index (χ0n) is 7.56. The van der Waals surface area contributed by atoms with Gasteiger partial charge in [-0.1, -0.05) is 6.07 Å². The molecular formula is C10H7NO4. The number of phenolic OH excluding ortho intramolecular Hbond substituents is 1. The molecule has 15 heavy (non-hydrogen) atoms. The summed E-state index contributed by atoms with van der Waals surface area (Å²) in [6.45, 7) is 0. The molecule has 5 heteroatoms. The Morgan fingerprint density at radius 1 is 1.40 bits per heavy atom. The molecule has 1 aromatic heterocycles. The third kappa shape index (κ3) is 1.43. The van der Waals surface area contributed by atoms with Crippen molar-refractivity contribution in [2.45, 2.75) is 0 Å². The molecule has 0 saturated carbocycles. The Morgan fingerprint density at radius 3 is 2.80 bits per heavy atom. The van der Waals surface area contributed by atoms with Gasteiger partial charge >= 0.3 is 0 Å². The van der Waals surface area contributed by atoms with Crippen molar-refractivity contribution in [2.24, 2.45) is 5.73 Å². The molecule has 3 N–H and O–H groups in total. The average molecular weight is 205 g/mol. The Bertz CT molecular complexity index is 600. The summed E-state index contributed by atoms with van der Waals surface area (Å²) in [5.41, 5.74) is 4.62. The van der Waals surface area contributed by atoms with Crippen LogP contribution in [-0.4, -0.2) is 11.0 Å². The van der Waals surface area contributed by atoms with Crippen molar-refractivity contribution in [1.82, 2.24) is 0 Å². The van der Waals surface area contributed by atoms with Crippen molar-refractivity contribution in [1.29, 1.82) is 0 Å². The van der Waals surface area contributed by atoms with Crippen LogP contribution in [0.2, 0.25) is 0 Å². The second kappa shape index (κ2) is 3.13. The van der Waals surface area contributed by atoms with Gasteiger partial charge in [-0.05, 0) is 12.1 Å². The van der Waals surface area contributed by atoms with Crippen molar-refractivity contribution < 1.29 is 14.3 Å². The van der Waals surface area contributed by atoms with Crippen molar-refractivity contribution in [3.63, 3.8) is 0 Å². The van der Waals surface area contributed by atoms with Crippen LogP contribution in [0.4, 0.5) is 0 Å². The highest BCUT2D eigenvalue weighted by Crippen LogP contribution is 2.21. The van der Waals surface area contributed by atoms with E-state index in [9.17, 15) is 14.7 Å². The summed E-state index contributed by atoms with van der Waals surface area (Å²) in [6, 6.07) is 5.31. The van der Waals surface area contributed by atoms with Gasteiger partial charge in [-0.15, -0.1) is 0 Å². The van der Waals surface area contributed by atoms with Crippen molar-refractivity contribution >= 4 is 16.9 Å². The number of carbonyl (C=O) groups is 1.